The zero-order valence-electron chi connectivity index (χ0n) is 10.4. The molecule has 0 spiro atoms. The molecule has 0 fully saturated rings. The van der Waals surface area contributed by atoms with Gasteiger partial charge in [-0.2, -0.15) is 0 Å². The summed E-state index contributed by atoms with van der Waals surface area (Å²) >= 11 is 5.76. The first kappa shape index (κ1) is 14.7. The van der Waals surface area contributed by atoms with E-state index in [0.717, 1.165) is 12.8 Å². The third-order valence-corrected chi connectivity index (χ3v) is 2.78. The van der Waals surface area contributed by atoms with Crippen LogP contribution >= 0.6 is 11.6 Å². The van der Waals surface area contributed by atoms with Gasteiger partial charge in [0.05, 0.1) is 24.1 Å². The van der Waals surface area contributed by atoms with Crippen molar-refractivity contribution in [3.8, 4) is 0 Å². The van der Waals surface area contributed by atoms with Gasteiger partial charge in [-0.15, -0.1) is 0 Å². The Kier molecular flexibility index (Phi) is 5.88. The monoisotopic (exact) mass is 271 g/mol. The molecule has 1 rings (SSSR count). The fourth-order valence-corrected chi connectivity index (χ4v) is 1.74. The van der Waals surface area contributed by atoms with Crippen molar-refractivity contribution in [3.05, 3.63) is 23.0 Å². The van der Waals surface area contributed by atoms with E-state index in [1.807, 2.05) is 6.92 Å². The summed E-state index contributed by atoms with van der Waals surface area (Å²) in [7, 11) is 0. The highest BCUT2D eigenvalue weighted by atomic mass is 35.5. The van der Waals surface area contributed by atoms with Gasteiger partial charge in [0.1, 0.15) is 5.15 Å². The average Bonchev–Trinajstić information content (AvgIpc) is 2.36. The van der Waals surface area contributed by atoms with Gasteiger partial charge in [0, 0.05) is 13.1 Å². The Bertz CT molecular complexity index is 412. The lowest BCUT2D eigenvalue weighted by Gasteiger charge is -2.22. The highest BCUT2D eigenvalue weighted by Gasteiger charge is 2.18. The summed E-state index contributed by atoms with van der Waals surface area (Å²) in [6, 6.07) is 1.45. The maximum absolute atomic E-state index is 12.3. The van der Waals surface area contributed by atoms with Crippen LogP contribution in [0.5, 0.6) is 0 Å². The lowest BCUT2D eigenvalue weighted by Crippen LogP contribution is -2.34. The van der Waals surface area contributed by atoms with Crippen LogP contribution in [-0.4, -0.2) is 40.6 Å². The molecule has 0 unspecified atom stereocenters. The molecular formula is C12H18ClN3O2. The van der Waals surface area contributed by atoms with Crippen LogP contribution in [-0.2, 0) is 0 Å². The van der Waals surface area contributed by atoms with Gasteiger partial charge in [-0.3, -0.25) is 4.79 Å². The predicted molar refractivity (Wildman–Crippen MR) is 71.6 cm³/mol. The Hall–Kier alpha value is -1.33. The summed E-state index contributed by atoms with van der Waals surface area (Å²) in [6.07, 6.45) is 3.22. The third kappa shape index (κ3) is 3.85. The fraction of sp³-hybridized carbons (Fsp3) is 0.500. The number of carbonyl (C=O) groups excluding carboxylic acids is 1. The molecule has 0 aromatic carbocycles. The summed E-state index contributed by atoms with van der Waals surface area (Å²) in [5.41, 5.74) is 6.35. The Morgan fingerprint density at radius 1 is 1.56 bits per heavy atom. The molecule has 100 valence electrons. The molecule has 1 aromatic rings. The van der Waals surface area contributed by atoms with E-state index in [9.17, 15) is 4.79 Å². The topological polar surface area (TPSA) is 79.5 Å². The number of amides is 1. The minimum atomic E-state index is -0.223. The molecule has 0 aliphatic rings. The van der Waals surface area contributed by atoms with Crippen molar-refractivity contribution in [2.24, 2.45) is 0 Å². The van der Waals surface area contributed by atoms with Crippen LogP contribution in [0.1, 0.15) is 30.1 Å². The van der Waals surface area contributed by atoms with E-state index < -0.39 is 0 Å². The van der Waals surface area contributed by atoms with E-state index in [1.165, 1.54) is 12.3 Å². The molecule has 18 heavy (non-hydrogen) atoms. The first-order valence-electron chi connectivity index (χ1n) is 5.91. The molecule has 0 radical (unpaired) electrons. The van der Waals surface area contributed by atoms with Gasteiger partial charge in [-0.05, 0) is 12.5 Å². The maximum atomic E-state index is 12.3. The van der Waals surface area contributed by atoms with Gasteiger partial charge in [0.2, 0.25) is 0 Å². The number of nitrogens with zero attached hydrogens (tertiary/aromatic N) is 2. The van der Waals surface area contributed by atoms with Crippen molar-refractivity contribution in [3.63, 3.8) is 0 Å². The van der Waals surface area contributed by atoms with Crippen LogP contribution in [0.2, 0.25) is 5.15 Å². The number of nitrogen functional groups attached to an aromatic ring is 1. The van der Waals surface area contributed by atoms with E-state index in [1.54, 1.807) is 4.90 Å². The minimum Gasteiger partial charge on any atom is -0.397 e. The van der Waals surface area contributed by atoms with Crippen LogP contribution in [0, 0.1) is 0 Å². The first-order valence-corrected chi connectivity index (χ1v) is 6.29. The zero-order chi connectivity index (χ0) is 13.5. The number of unbranched alkanes of at least 4 members (excludes halogenated alkanes) is 1. The van der Waals surface area contributed by atoms with Crippen LogP contribution in [0.3, 0.4) is 0 Å². The molecule has 1 aromatic heterocycles. The molecule has 5 nitrogen and oxygen atoms in total. The first-order chi connectivity index (χ1) is 8.60. The molecule has 0 bridgehead atoms. The summed E-state index contributed by atoms with van der Waals surface area (Å²) in [6.45, 7) is 2.85. The lowest BCUT2D eigenvalue weighted by molar-refractivity contribution is 0.0720. The smallest absolute Gasteiger partial charge is 0.256 e. The number of rotatable bonds is 6. The third-order valence-electron chi connectivity index (χ3n) is 2.57. The van der Waals surface area contributed by atoms with Crippen molar-refractivity contribution >= 4 is 23.2 Å². The normalized spacial score (nSPS) is 10.4. The number of hydrogen-bond donors (Lipinski definition) is 2. The Morgan fingerprint density at radius 3 is 2.89 bits per heavy atom. The molecule has 0 aliphatic heterocycles. The highest BCUT2D eigenvalue weighted by molar-refractivity contribution is 6.29. The van der Waals surface area contributed by atoms with E-state index in [-0.39, 0.29) is 24.2 Å². The van der Waals surface area contributed by atoms with Crippen molar-refractivity contribution in [2.45, 2.75) is 19.8 Å². The number of halogens is 1. The van der Waals surface area contributed by atoms with Crippen LogP contribution in [0.25, 0.3) is 0 Å². The van der Waals surface area contributed by atoms with Gasteiger partial charge in [0.25, 0.3) is 5.91 Å². The van der Waals surface area contributed by atoms with Crippen molar-refractivity contribution in [1.82, 2.24) is 9.88 Å². The SMILES string of the molecule is CCCCN(CCO)C(=O)c1cc(Cl)ncc1N. The Morgan fingerprint density at radius 2 is 2.28 bits per heavy atom. The van der Waals surface area contributed by atoms with Gasteiger partial charge < -0.3 is 15.7 Å². The molecular weight excluding hydrogens is 254 g/mol. The standard InChI is InChI=1S/C12H18ClN3O2/c1-2-3-4-16(5-6-17)12(18)9-7-11(13)15-8-10(9)14/h7-8,17H,2-6,14H2,1H3. The Balaban J connectivity index is 2.90. The number of hydrogen-bond acceptors (Lipinski definition) is 4. The molecule has 0 saturated heterocycles. The number of anilines is 1. The quantitative estimate of drug-likeness (QED) is 0.770. The van der Waals surface area contributed by atoms with E-state index >= 15 is 0 Å². The van der Waals surface area contributed by atoms with Crippen molar-refractivity contribution in [1.29, 1.82) is 0 Å². The number of aliphatic hydroxyl groups is 1. The zero-order valence-corrected chi connectivity index (χ0v) is 11.2. The maximum Gasteiger partial charge on any atom is 0.256 e. The molecule has 0 aliphatic carbocycles. The second kappa shape index (κ2) is 7.18. The minimum absolute atomic E-state index is 0.0752. The molecule has 0 saturated carbocycles. The van der Waals surface area contributed by atoms with E-state index in [0.29, 0.717) is 17.8 Å². The van der Waals surface area contributed by atoms with Crippen molar-refractivity contribution in [2.75, 3.05) is 25.4 Å². The van der Waals surface area contributed by atoms with E-state index in [4.69, 9.17) is 22.4 Å². The van der Waals surface area contributed by atoms with Crippen LogP contribution in [0.15, 0.2) is 12.3 Å². The summed E-state index contributed by atoms with van der Waals surface area (Å²) in [4.78, 5) is 17.6. The van der Waals surface area contributed by atoms with Gasteiger partial charge in [-0.1, -0.05) is 24.9 Å². The Labute approximate surface area is 112 Å². The highest BCUT2D eigenvalue weighted by Crippen LogP contribution is 2.17. The summed E-state index contributed by atoms with van der Waals surface area (Å²) < 4.78 is 0. The second-order valence-electron chi connectivity index (χ2n) is 3.96. The summed E-state index contributed by atoms with van der Waals surface area (Å²) in [5, 5.41) is 9.22. The second-order valence-corrected chi connectivity index (χ2v) is 4.35. The fourth-order valence-electron chi connectivity index (χ4n) is 1.58. The number of pyridine rings is 1. The van der Waals surface area contributed by atoms with Gasteiger partial charge in [-0.25, -0.2) is 4.98 Å². The number of aromatic nitrogens is 1. The average molecular weight is 272 g/mol. The van der Waals surface area contributed by atoms with Crippen molar-refractivity contribution < 1.29 is 9.90 Å². The molecule has 3 N–H and O–H groups in total. The van der Waals surface area contributed by atoms with E-state index in [2.05, 4.69) is 4.98 Å². The van der Waals surface area contributed by atoms with Gasteiger partial charge >= 0.3 is 0 Å². The molecule has 6 heteroatoms. The van der Waals surface area contributed by atoms with Crippen LogP contribution < -0.4 is 5.73 Å². The number of nitrogens with two attached hydrogens (primary N) is 1. The molecule has 1 amide bonds. The van der Waals surface area contributed by atoms with Crippen LogP contribution in [0.4, 0.5) is 5.69 Å². The molecule has 0 atom stereocenters. The van der Waals surface area contributed by atoms with Gasteiger partial charge in [0.15, 0.2) is 0 Å². The molecule has 1 heterocycles. The predicted octanol–water partition coefficient (Wildman–Crippen LogP) is 1.55. The largest absolute Gasteiger partial charge is 0.397 e. The number of carbonyl (C=O) groups is 1. The number of aliphatic hydroxyl groups excluding tert-OH is 1. The lowest BCUT2D eigenvalue weighted by atomic mass is 10.2. The summed E-state index contributed by atoms with van der Waals surface area (Å²) in [5.74, 6) is -0.223.